The normalized spacial score (nSPS) is 12.8. The molecule has 4 heterocycles. The molecule has 1 amide bonds. The number of carbonyl (C=O) groups is 2. The second kappa shape index (κ2) is 18.9. The molecule has 3 aromatic heterocycles. The van der Waals surface area contributed by atoms with Crippen molar-refractivity contribution in [3.63, 3.8) is 0 Å². The van der Waals surface area contributed by atoms with Gasteiger partial charge < -0.3 is 20.9 Å². The monoisotopic (exact) mass is 758 g/mol. The van der Waals surface area contributed by atoms with Gasteiger partial charge in [0.15, 0.2) is 11.4 Å². The SMILES string of the molecule is CNc1c(C)cccc1Cl.Cc1nc(Nc2ncc(C=O)s2)cc(N2CCN(CCCCCC(=O)Nc3ccc(-n4ccc(=O)[nH]c4=O)cc3)CC2)n1. The lowest BCUT2D eigenvalue weighted by atomic mass is 10.1. The largest absolute Gasteiger partial charge is 0.387 e. The van der Waals surface area contributed by atoms with Crippen LogP contribution in [0.15, 0.2) is 76.6 Å². The van der Waals surface area contributed by atoms with Crippen molar-refractivity contribution in [1.29, 1.82) is 0 Å². The molecule has 4 N–H and O–H groups in total. The smallest absolute Gasteiger partial charge is 0.332 e. The third kappa shape index (κ3) is 11.3. The van der Waals surface area contributed by atoms with E-state index in [0.717, 1.165) is 74.8 Å². The third-order valence-corrected chi connectivity index (χ3v) is 9.65. The molecule has 0 atom stereocenters. The van der Waals surface area contributed by atoms with Gasteiger partial charge >= 0.3 is 5.69 Å². The molecule has 0 spiro atoms. The van der Waals surface area contributed by atoms with E-state index in [9.17, 15) is 19.2 Å². The number of aldehydes is 1. The second-order valence-corrected chi connectivity index (χ2v) is 13.8. The number of piperazine rings is 1. The van der Waals surface area contributed by atoms with Crippen LogP contribution < -0.4 is 32.1 Å². The molecular weight excluding hydrogens is 716 g/mol. The molecule has 16 heteroatoms. The van der Waals surface area contributed by atoms with Gasteiger partial charge in [0, 0.05) is 63.7 Å². The average molecular weight is 759 g/mol. The van der Waals surface area contributed by atoms with Crippen molar-refractivity contribution in [3.05, 3.63) is 109 Å². The van der Waals surface area contributed by atoms with E-state index in [1.165, 1.54) is 39.9 Å². The van der Waals surface area contributed by atoms with Crippen LogP contribution in [0.3, 0.4) is 0 Å². The van der Waals surface area contributed by atoms with Gasteiger partial charge in [-0.2, -0.15) is 0 Å². The van der Waals surface area contributed by atoms with Crippen LogP contribution in [0.25, 0.3) is 5.69 Å². The van der Waals surface area contributed by atoms with E-state index >= 15 is 0 Å². The highest BCUT2D eigenvalue weighted by molar-refractivity contribution is 7.17. The number of nitrogens with one attached hydrogen (secondary N) is 4. The molecule has 0 aliphatic carbocycles. The third-order valence-electron chi connectivity index (χ3n) is 8.50. The van der Waals surface area contributed by atoms with Crippen LogP contribution in [0.1, 0.15) is 46.7 Å². The van der Waals surface area contributed by atoms with Crippen molar-refractivity contribution < 1.29 is 9.59 Å². The fourth-order valence-electron chi connectivity index (χ4n) is 5.78. The number of H-pyrrole nitrogens is 1. The number of amides is 1. The highest BCUT2D eigenvalue weighted by Crippen LogP contribution is 2.25. The first-order valence-corrected chi connectivity index (χ1v) is 18.5. The highest BCUT2D eigenvalue weighted by Gasteiger charge is 2.19. The van der Waals surface area contributed by atoms with Crippen LogP contribution in [0.2, 0.25) is 5.02 Å². The molecule has 0 unspecified atom stereocenters. The Kier molecular flexibility index (Phi) is 13.9. The second-order valence-electron chi connectivity index (χ2n) is 12.4. The Bertz CT molecular complexity index is 2090. The first-order chi connectivity index (χ1) is 25.6. The maximum absolute atomic E-state index is 12.4. The summed E-state index contributed by atoms with van der Waals surface area (Å²) in [4.78, 5) is 67.3. The number of unbranched alkanes of at least 4 members (excludes halogenated alkanes) is 2. The van der Waals surface area contributed by atoms with Crippen LogP contribution in [0.5, 0.6) is 0 Å². The number of benzene rings is 2. The molecule has 2 aromatic carbocycles. The van der Waals surface area contributed by atoms with E-state index in [4.69, 9.17) is 11.6 Å². The molecule has 1 saturated heterocycles. The first-order valence-electron chi connectivity index (χ1n) is 17.3. The van der Waals surface area contributed by atoms with E-state index in [1.54, 1.807) is 24.3 Å². The zero-order valence-electron chi connectivity index (χ0n) is 29.9. The number of halogens is 1. The molecule has 1 fully saturated rings. The lowest BCUT2D eigenvalue weighted by molar-refractivity contribution is -0.116. The summed E-state index contributed by atoms with van der Waals surface area (Å²) in [5.74, 6) is 2.14. The summed E-state index contributed by atoms with van der Waals surface area (Å²) in [6, 6.07) is 15.9. The van der Waals surface area contributed by atoms with Crippen LogP contribution in [0, 0.1) is 13.8 Å². The maximum Gasteiger partial charge on any atom is 0.332 e. The average Bonchev–Trinajstić information content (AvgIpc) is 3.60. The minimum atomic E-state index is -0.516. The van der Waals surface area contributed by atoms with E-state index in [1.807, 2.05) is 45.2 Å². The summed E-state index contributed by atoms with van der Waals surface area (Å²) in [7, 11) is 1.87. The Morgan fingerprint density at radius 3 is 2.43 bits per heavy atom. The molecule has 1 aliphatic heterocycles. The number of aromatic nitrogens is 5. The Morgan fingerprint density at radius 2 is 1.77 bits per heavy atom. The van der Waals surface area contributed by atoms with Crippen LogP contribution >= 0.6 is 22.9 Å². The van der Waals surface area contributed by atoms with Gasteiger partial charge in [0.2, 0.25) is 5.91 Å². The summed E-state index contributed by atoms with van der Waals surface area (Å²) >= 11 is 7.14. The van der Waals surface area contributed by atoms with E-state index in [2.05, 4.69) is 45.7 Å². The van der Waals surface area contributed by atoms with Crippen molar-refractivity contribution in [2.24, 2.45) is 0 Å². The Labute approximate surface area is 316 Å². The predicted molar refractivity (Wildman–Crippen MR) is 212 cm³/mol. The number of rotatable bonds is 13. The van der Waals surface area contributed by atoms with Gasteiger partial charge in [-0.3, -0.25) is 28.8 Å². The Balaban J connectivity index is 0.000000469. The number of para-hydroxylation sites is 1. The fourth-order valence-corrected chi connectivity index (χ4v) is 6.74. The summed E-state index contributed by atoms with van der Waals surface area (Å²) in [5.41, 5.74) is 2.48. The molecule has 0 saturated carbocycles. The minimum absolute atomic E-state index is 0.0457. The number of anilines is 5. The van der Waals surface area contributed by atoms with Gasteiger partial charge in [-0.1, -0.05) is 41.5 Å². The molecule has 0 radical (unpaired) electrons. The number of hydrogen-bond donors (Lipinski definition) is 4. The van der Waals surface area contributed by atoms with Crippen LogP contribution in [-0.4, -0.2) is 81.4 Å². The topological polar surface area (TPSA) is 170 Å². The van der Waals surface area contributed by atoms with Crippen LogP contribution in [0.4, 0.5) is 28.1 Å². The number of aryl methyl sites for hydroxylation is 2. The predicted octanol–water partition coefficient (Wildman–Crippen LogP) is 5.65. The van der Waals surface area contributed by atoms with E-state index in [0.29, 0.717) is 39.4 Å². The molecule has 1 aliphatic rings. The van der Waals surface area contributed by atoms with Gasteiger partial charge in [0.25, 0.3) is 5.56 Å². The summed E-state index contributed by atoms with van der Waals surface area (Å²) in [6.45, 7) is 8.46. The number of carbonyl (C=O) groups excluding carboxylic acids is 2. The van der Waals surface area contributed by atoms with Gasteiger partial charge in [-0.05, 0) is 69.1 Å². The van der Waals surface area contributed by atoms with Crippen LogP contribution in [-0.2, 0) is 4.79 Å². The lowest BCUT2D eigenvalue weighted by Crippen LogP contribution is -2.47. The summed E-state index contributed by atoms with van der Waals surface area (Å²) in [5, 5.41) is 10.5. The zero-order valence-corrected chi connectivity index (χ0v) is 31.5. The van der Waals surface area contributed by atoms with E-state index < -0.39 is 11.2 Å². The molecule has 53 heavy (non-hydrogen) atoms. The van der Waals surface area contributed by atoms with Crippen molar-refractivity contribution in [2.75, 3.05) is 60.6 Å². The number of aromatic amines is 1. The molecular formula is C37H43ClN10O4S. The van der Waals surface area contributed by atoms with Gasteiger partial charge in [-0.25, -0.2) is 19.7 Å². The molecule has 5 aromatic rings. The molecule has 278 valence electrons. The van der Waals surface area contributed by atoms with Gasteiger partial charge in [0.1, 0.15) is 17.5 Å². The van der Waals surface area contributed by atoms with E-state index in [-0.39, 0.29) is 5.91 Å². The zero-order chi connectivity index (χ0) is 37.7. The highest BCUT2D eigenvalue weighted by atomic mass is 35.5. The standard InChI is InChI=1S/C29H33N9O4S.C8H10ClN/c1-20-31-24(34-28-30-18-23(19-39)43-28)17-25(32-20)37-15-13-36(14-16-37)11-4-2-3-5-26(40)33-21-6-8-22(9-7-21)38-12-10-27(41)35-29(38)42;1-6-4-3-5-7(9)8(6)10-2/h6-10,12,17-19H,2-5,11,13-16H2,1H3,(H,33,40)(H,35,41,42)(H,30,31,32,34);3-5,10H,1-2H3. The number of nitrogens with zero attached hydrogens (tertiary/aromatic N) is 6. The first kappa shape index (κ1) is 38.8. The van der Waals surface area contributed by atoms with Crippen molar-refractivity contribution in [3.8, 4) is 5.69 Å². The molecule has 14 nitrogen and oxygen atoms in total. The summed E-state index contributed by atoms with van der Waals surface area (Å²) in [6.07, 6.45) is 6.96. The van der Waals surface area contributed by atoms with Crippen molar-refractivity contribution >= 4 is 63.3 Å². The number of thiazole rings is 1. The lowest BCUT2D eigenvalue weighted by Gasteiger charge is -2.35. The summed E-state index contributed by atoms with van der Waals surface area (Å²) < 4.78 is 1.33. The Morgan fingerprint density at radius 1 is 1.00 bits per heavy atom. The quantitative estimate of drug-likeness (QED) is 0.0865. The number of hydrogen-bond acceptors (Lipinski definition) is 12. The van der Waals surface area contributed by atoms with Crippen molar-refractivity contribution in [1.82, 2.24) is 29.4 Å². The minimum Gasteiger partial charge on any atom is -0.387 e. The molecule has 6 rings (SSSR count). The molecule has 0 bridgehead atoms. The maximum atomic E-state index is 12.4. The fraction of sp³-hybridized carbons (Fsp3) is 0.324. The van der Waals surface area contributed by atoms with Gasteiger partial charge in [0.05, 0.1) is 27.5 Å². The Hall–Kier alpha value is -5.38. The van der Waals surface area contributed by atoms with Gasteiger partial charge in [-0.15, -0.1) is 0 Å². The van der Waals surface area contributed by atoms with Crippen molar-refractivity contribution in [2.45, 2.75) is 39.5 Å².